The van der Waals surface area contributed by atoms with Gasteiger partial charge in [0.25, 0.3) is 0 Å². The normalized spacial score (nSPS) is 20.5. The van der Waals surface area contributed by atoms with E-state index in [9.17, 15) is 4.79 Å². The summed E-state index contributed by atoms with van der Waals surface area (Å²) in [6.07, 6.45) is 2.07. The maximum atomic E-state index is 11.5. The summed E-state index contributed by atoms with van der Waals surface area (Å²) >= 11 is 0. The van der Waals surface area contributed by atoms with E-state index in [2.05, 4.69) is 21.8 Å². The lowest BCUT2D eigenvalue weighted by atomic mass is 9.95. The fourth-order valence-corrected chi connectivity index (χ4v) is 3.07. The predicted octanol–water partition coefficient (Wildman–Crippen LogP) is 2.78. The SMILES string of the molecule is COC(=O)C[C@@H]1CN(c2cc(-c3ccccc3)ncn2)C[C@H]1C. The van der Waals surface area contributed by atoms with E-state index < -0.39 is 0 Å². The number of anilines is 1. The molecule has 0 amide bonds. The van der Waals surface area contributed by atoms with Crippen LogP contribution in [-0.2, 0) is 9.53 Å². The molecule has 0 saturated carbocycles. The van der Waals surface area contributed by atoms with E-state index in [1.165, 1.54) is 7.11 Å². The second-order valence-corrected chi connectivity index (χ2v) is 6.05. The van der Waals surface area contributed by atoms with Crippen LogP contribution in [0.2, 0.25) is 0 Å². The van der Waals surface area contributed by atoms with Gasteiger partial charge in [-0.15, -0.1) is 0 Å². The summed E-state index contributed by atoms with van der Waals surface area (Å²) in [7, 11) is 1.44. The minimum absolute atomic E-state index is 0.142. The molecule has 1 aromatic carbocycles. The quantitative estimate of drug-likeness (QED) is 0.813. The Morgan fingerprint density at radius 1 is 1.26 bits per heavy atom. The van der Waals surface area contributed by atoms with E-state index in [0.717, 1.165) is 30.2 Å². The van der Waals surface area contributed by atoms with Crippen molar-refractivity contribution in [2.24, 2.45) is 11.8 Å². The van der Waals surface area contributed by atoms with Crippen LogP contribution in [0, 0.1) is 11.8 Å². The van der Waals surface area contributed by atoms with Crippen LogP contribution in [0.25, 0.3) is 11.3 Å². The molecule has 1 aromatic heterocycles. The highest BCUT2D eigenvalue weighted by atomic mass is 16.5. The average Bonchev–Trinajstić information content (AvgIpc) is 2.96. The molecule has 2 aromatic rings. The molecular weight excluding hydrogens is 290 g/mol. The van der Waals surface area contributed by atoms with Crippen molar-refractivity contribution in [2.75, 3.05) is 25.1 Å². The Hall–Kier alpha value is -2.43. The Morgan fingerprint density at radius 2 is 2.04 bits per heavy atom. The molecule has 5 heteroatoms. The standard InChI is InChI=1S/C18H21N3O2/c1-13-10-21(11-15(13)8-18(22)23-2)17-9-16(19-12-20-17)14-6-4-3-5-7-14/h3-7,9,12-13,15H,8,10-11H2,1-2H3/t13-,15-/m1/s1. The summed E-state index contributed by atoms with van der Waals surface area (Å²) < 4.78 is 4.80. The lowest BCUT2D eigenvalue weighted by Gasteiger charge is -2.17. The fourth-order valence-electron chi connectivity index (χ4n) is 3.07. The van der Waals surface area contributed by atoms with Gasteiger partial charge in [-0.05, 0) is 11.8 Å². The minimum Gasteiger partial charge on any atom is -0.469 e. The molecule has 1 saturated heterocycles. The molecule has 0 unspecified atom stereocenters. The van der Waals surface area contributed by atoms with Gasteiger partial charge in [-0.3, -0.25) is 4.79 Å². The highest BCUT2D eigenvalue weighted by molar-refractivity contribution is 5.70. The zero-order chi connectivity index (χ0) is 16.2. The second-order valence-electron chi connectivity index (χ2n) is 6.05. The second kappa shape index (κ2) is 6.77. The number of nitrogens with zero attached hydrogens (tertiary/aromatic N) is 3. The number of carbonyl (C=O) groups excluding carboxylic acids is 1. The van der Waals surface area contributed by atoms with Gasteiger partial charge in [-0.1, -0.05) is 37.3 Å². The molecule has 0 radical (unpaired) electrons. The number of methoxy groups -OCH3 is 1. The van der Waals surface area contributed by atoms with Crippen LogP contribution >= 0.6 is 0 Å². The molecule has 0 N–H and O–H groups in total. The first-order valence-corrected chi connectivity index (χ1v) is 7.86. The largest absolute Gasteiger partial charge is 0.469 e. The van der Waals surface area contributed by atoms with Gasteiger partial charge in [0.15, 0.2) is 0 Å². The van der Waals surface area contributed by atoms with Gasteiger partial charge in [-0.2, -0.15) is 0 Å². The number of hydrogen-bond donors (Lipinski definition) is 0. The number of ether oxygens (including phenoxy) is 1. The van der Waals surface area contributed by atoms with Crippen LogP contribution in [0.15, 0.2) is 42.7 Å². The number of carbonyl (C=O) groups is 1. The number of rotatable bonds is 4. The van der Waals surface area contributed by atoms with Gasteiger partial charge in [0.1, 0.15) is 12.1 Å². The van der Waals surface area contributed by atoms with Crippen LogP contribution < -0.4 is 4.90 Å². The lowest BCUT2D eigenvalue weighted by molar-refractivity contribution is -0.141. The molecule has 3 rings (SSSR count). The van der Waals surface area contributed by atoms with E-state index in [-0.39, 0.29) is 5.97 Å². The topological polar surface area (TPSA) is 55.3 Å². The van der Waals surface area contributed by atoms with Crippen molar-refractivity contribution in [3.05, 3.63) is 42.7 Å². The Balaban J connectivity index is 1.77. The van der Waals surface area contributed by atoms with Gasteiger partial charge in [0.2, 0.25) is 0 Å². The van der Waals surface area contributed by atoms with E-state index in [4.69, 9.17) is 4.74 Å². The highest BCUT2D eigenvalue weighted by Crippen LogP contribution is 2.30. The lowest BCUT2D eigenvalue weighted by Crippen LogP contribution is -2.21. The molecule has 1 aliphatic heterocycles. The van der Waals surface area contributed by atoms with Gasteiger partial charge in [0.05, 0.1) is 19.2 Å². The third kappa shape index (κ3) is 3.50. The van der Waals surface area contributed by atoms with Gasteiger partial charge < -0.3 is 9.64 Å². The van der Waals surface area contributed by atoms with Crippen LogP contribution in [-0.4, -0.2) is 36.1 Å². The summed E-state index contributed by atoms with van der Waals surface area (Å²) in [5, 5.41) is 0. The first-order valence-electron chi connectivity index (χ1n) is 7.86. The molecule has 2 heterocycles. The first kappa shape index (κ1) is 15.5. The van der Waals surface area contributed by atoms with Crippen molar-refractivity contribution in [2.45, 2.75) is 13.3 Å². The highest BCUT2D eigenvalue weighted by Gasteiger charge is 2.32. The molecule has 0 spiro atoms. The molecular formula is C18H21N3O2. The Bertz CT molecular complexity index is 675. The van der Waals surface area contributed by atoms with Crippen molar-refractivity contribution in [1.29, 1.82) is 0 Å². The Morgan fingerprint density at radius 3 is 2.78 bits per heavy atom. The zero-order valence-corrected chi connectivity index (χ0v) is 13.5. The van der Waals surface area contributed by atoms with Gasteiger partial charge >= 0.3 is 5.97 Å². The fraction of sp³-hybridized carbons (Fsp3) is 0.389. The van der Waals surface area contributed by atoms with Crippen molar-refractivity contribution >= 4 is 11.8 Å². The molecule has 1 aliphatic rings. The molecule has 0 bridgehead atoms. The predicted molar refractivity (Wildman–Crippen MR) is 89.0 cm³/mol. The maximum Gasteiger partial charge on any atom is 0.305 e. The van der Waals surface area contributed by atoms with E-state index in [0.29, 0.717) is 18.3 Å². The monoisotopic (exact) mass is 311 g/mol. The van der Waals surface area contributed by atoms with Crippen molar-refractivity contribution in [1.82, 2.24) is 9.97 Å². The minimum atomic E-state index is -0.142. The van der Waals surface area contributed by atoms with Crippen molar-refractivity contribution in [3.8, 4) is 11.3 Å². The van der Waals surface area contributed by atoms with E-state index >= 15 is 0 Å². The summed E-state index contributed by atoms with van der Waals surface area (Å²) in [5.41, 5.74) is 1.99. The summed E-state index contributed by atoms with van der Waals surface area (Å²) in [5.74, 6) is 1.51. The molecule has 0 aliphatic carbocycles. The number of aromatic nitrogens is 2. The van der Waals surface area contributed by atoms with Crippen molar-refractivity contribution in [3.63, 3.8) is 0 Å². The Kier molecular flexibility index (Phi) is 4.55. The molecule has 1 fully saturated rings. The third-order valence-electron chi connectivity index (χ3n) is 4.47. The summed E-state index contributed by atoms with van der Waals surface area (Å²) in [4.78, 5) is 22.5. The molecule has 23 heavy (non-hydrogen) atoms. The zero-order valence-electron chi connectivity index (χ0n) is 13.5. The van der Waals surface area contributed by atoms with E-state index in [1.807, 2.05) is 36.4 Å². The van der Waals surface area contributed by atoms with Crippen LogP contribution in [0.4, 0.5) is 5.82 Å². The smallest absolute Gasteiger partial charge is 0.305 e. The number of benzene rings is 1. The van der Waals surface area contributed by atoms with E-state index in [1.54, 1.807) is 6.33 Å². The van der Waals surface area contributed by atoms with Gasteiger partial charge in [0, 0.05) is 24.7 Å². The van der Waals surface area contributed by atoms with Crippen LogP contribution in [0.5, 0.6) is 0 Å². The summed E-state index contributed by atoms with van der Waals surface area (Å²) in [6, 6.07) is 12.1. The maximum absolute atomic E-state index is 11.5. The first-order chi connectivity index (χ1) is 11.2. The van der Waals surface area contributed by atoms with Crippen molar-refractivity contribution < 1.29 is 9.53 Å². The Labute approximate surface area is 136 Å². The molecule has 120 valence electrons. The van der Waals surface area contributed by atoms with Crippen LogP contribution in [0.1, 0.15) is 13.3 Å². The van der Waals surface area contributed by atoms with Gasteiger partial charge in [-0.25, -0.2) is 9.97 Å². The molecule has 5 nitrogen and oxygen atoms in total. The molecule has 2 atom stereocenters. The average molecular weight is 311 g/mol. The van der Waals surface area contributed by atoms with Crippen LogP contribution in [0.3, 0.4) is 0 Å². The number of hydrogen-bond acceptors (Lipinski definition) is 5. The summed E-state index contributed by atoms with van der Waals surface area (Å²) in [6.45, 7) is 3.89. The third-order valence-corrected chi connectivity index (χ3v) is 4.47. The number of esters is 1.